The summed E-state index contributed by atoms with van der Waals surface area (Å²) in [7, 11) is 0. The zero-order valence-electron chi connectivity index (χ0n) is 10.7. The molecule has 2 rings (SSSR count). The highest BCUT2D eigenvalue weighted by Crippen LogP contribution is 2.46. The van der Waals surface area contributed by atoms with Crippen LogP contribution in [0.25, 0.3) is 0 Å². The molecule has 0 radical (unpaired) electrons. The summed E-state index contributed by atoms with van der Waals surface area (Å²) in [5.74, 6) is 1.46. The zero-order valence-corrected chi connectivity index (χ0v) is 11.5. The molecule has 0 aromatic heterocycles. The third-order valence-electron chi connectivity index (χ3n) is 4.17. The second-order valence-electron chi connectivity index (χ2n) is 6.03. The van der Waals surface area contributed by atoms with E-state index < -0.39 is 5.41 Å². The molecule has 2 fully saturated rings. The minimum absolute atomic E-state index is 0.0660. The van der Waals surface area contributed by atoms with Crippen LogP contribution >= 0.6 is 12.2 Å². The van der Waals surface area contributed by atoms with E-state index in [2.05, 4.69) is 19.2 Å². The van der Waals surface area contributed by atoms with Gasteiger partial charge in [-0.2, -0.15) is 0 Å². The standard InChI is InChI=1S/C13H22N2OS/c1-8-5-9(2)7-10(6-8)15-12(16)13(3-4-13)11(14)17/h8-10H,3-7H2,1-2H3,(H2,14,17)(H,15,16). The normalized spacial score (nSPS) is 35.1. The predicted molar refractivity (Wildman–Crippen MR) is 72.6 cm³/mol. The van der Waals surface area contributed by atoms with Crippen LogP contribution in [-0.2, 0) is 4.79 Å². The molecule has 0 bridgehead atoms. The topological polar surface area (TPSA) is 55.1 Å². The highest BCUT2D eigenvalue weighted by atomic mass is 32.1. The van der Waals surface area contributed by atoms with Gasteiger partial charge in [-0.05, 0) is 43.9 Å². The molecule has 3 N–H and O–H groups in total. The molecule has 0 aliphatic heterocycles. The van der Waals surface area contributed by atoms with Gasteiger partial charge in [-0.1, -0.05) is 26.1 Å². The second-order valence-corrected chi connectivity index (χ2v) is 6.47. The predicted octanol–water partition coefficient (Wildman–Crippen LogP) is 1.99. The Balaban J connectivity index is 1.93. The van der Waals surface area contributed by atoms with Crippen LogP contribution in [0.15, 0.2) is 0 Å². The highest BCUT2D eigenvalue weighted by Gasteiger charge is 2.53. The van der Waals surface area contributed by atoms with Crippen LogP contribution < -0.4 is 11.1 Å². The van der Waals surface area contributed by atoms with E-state index in [1.54, 1.807) is 0 Å². The zero-order chi connectivity index (χ0) is 12.6. The van der Waals surface area contributed by atoms with Crippen LogP contribution in [0.3, 0.4) is 0 Å². The monoisotopic (exact) mass is 254 g/mol. The Morgan fingerprint density at radius 3 is 2.18 bits per heavy atom. The van der Waals surface area contributed by atoms with E-state index in [1.165, 1.54) is 6.42 Å². The molecule has 2 atom stereocenters. The molecule has 0 aromatic carbocycles. The highest BCUT2D eigenvalue weighted by molar-refractivity contribution is 7.80. The first-order chi connectivity index (χ1) is 7.94. The van der Waals surface area contributed by atoms with Gasteiger partial charge in [0.05, 0.1) is 10.4 Å². The fraction of sp³-hybridized carbons (Fsp3) is 0.846. The van der Waals surface area contributed by atoms with Crippen LogP contribution in [0.5, 0.6) is 0 Å². The van der Waals surface area contributed by atoms with Crippen LogP contribution in [0.1, 0.15) is 46.0 Å². The van der Waals surface area contributed by atoms with Crippen molar-refractivity contribution in [1.82, 2.24) is 5.32 Å². The van der Waals surface area contributed by atoms with Crippen molar-refractivity contribution >= 4 is 23.1 Å². The number of hydrogen-bond donors (Lipinski definition) is 2. The lowest BCUT2D eigenvalue weighted by Gasteiger charge is -2.32. The summed E-state index contributed by atoms with van der Waals surface area (Å²) in [4.78, 5) is 12.5. The number of nitrogens with two attached hydrogens (primary N) is 1. The van der Waals surface area contributed by atoms with Crippen LogP contribution in [-0.4, -0.2) is 16.9 Å². The molecule has 96 valence electrons. The molecule has 3 nitrogen and oxygen atoms in total. The van der Waals surface area contributed by atoms with Gasteiger partial charge in [0.2, 0.25) is 5.91 Å². The molecule has 2 aliphatic rings. The molecule has 0 aromatic rings. The van der Waals surface area contributed by atoms with E-state index >= 15 is 0 Å². The molecule has 2 saturated carbocycles. The lowest BCUT2D eigenvalue weighted by molar-refractivity contribution is -0.125. The fourth-order valence-electron chi connectivity index (χ4n) is 3.10. The Kier molecular flexibility index (Phi) is 3.43. The molecule has 2 unspecified atom stereocenters. The van der Waals surface area contributed by atoms with Gasteiger partial charge in [-0.25, -0.2) is 0 Å². The largest absolute Gasteiger partial charge is 0.392 e. The number of rotatable bonds is 3. The summed E-state index contributed by atoms with van der Waals surface area (Å²) < 4.78 is 0. The van der Waals surface area contributed by atoms with Crippen LogP contribution in [0, 0.1) is 17.3 Å². The van der Waals surface area contributed by atoms with E-state index in [-0.39, 0.29) is 5.91 Å². The molecule has 0 saturated heterocycles. The Morgan fingerprint density at radius 1 is 1.24 bits per heavy atom. The maximum Gasteiger partial charge on any atom is 0.233 e. The van der Waals surface area contributed by atoms with Crippen molar-refractivity contribution in [3.63, 3.8) is 0 Å². The summed E-state index contributed by atoms with van der Waals surface area (Å²) in [6, 6.07) is 0.313. The number of thiocarbonyl (C=S) groups is 1. The average molecular weight is 254 g/mol. The average Bonchev–Trinajstić information content (AvgIpc) is 2.95. The third-order valence-corrected chi connectivity index (χ3v) is 4.56. The number of hydrogen-bond acceptors (Lipinski definition) is 2. The summed E-state index contributed by atoms with van der Waals surface area (Å²) in [5, 5.41) is 3.16. The maximum absolute atomic E-state index is 12.2. The quantitative estimate of drug-likeness (QED) is 0.757. The van der Waals surface area contributed by atoms with E-state index in [4.69, 9.17) is 18.0 Å². The maximum atomic E-state index is 12.2. The fourth-order valence-corrected chi connectivity index (χ4v) is 3.40. The van der Waals surface area contributed by atoms with Crippen molar-refractivity contribution in [2.24, 2.45) is 23.0 Å². The summed E-state index contributed by atoms with van der Waals surface area (Å²) >= 11 is 5.00. The first kappa shape index (κ1) is 12.8. The Hall–Kier alpha value is -0.640. The van der Waals surface area contributed by atoms with E-state index in [0.717, 1.165) is 25.7 Å². The van der Waals surface area contributed by atoms with Gasteiger partial charge in [-0.3, -0.25) is 4.79 Å². The summed E-state index contributed by atoms with van der Waals surface area (Å²) in [6.07, 6.45) is 5.10. The molecular formula is C13H22N2OS. The molecular weight excluding hydrogens is 232 g/mol. The first-order valence-electron chi connectivity index (χ1n) is 6.55. The van der Waals surface area contributed by atoms with E-state index in [0.29, 0.717) is 22.9 Å². The molecule has 1 amide bonds. The molecule has 0 spiro atoms. The summed E-state index contributed by atoms with van der Waals surface area (Å²) in [6.45, 7) is 4.52. The summed E-state index contributed by atoms with van der Waals surface area (Å²) in [5.41, 5.74) is 5.16. The van der Waals surface area contributed by atoms with Crippen molar-refractivity contribution in [1.29, 1.82) is 0 Å². The van der Waals surface area contributed by atoms with Gasteiger partial charge >= 0.3 is 0 Å². The van der Waals surface area contributed by atoms with Gasteiger partial charge in [0.15, 0.2) is 0 Å². The second kappa shape index (κ2) is 4.56. The van der Waals surface area contributed by atoms with Gasteiger partial charge in [-0.15, -0.1) is 0 Å². The van der Waals surface area contributed by atoms with Crippen molar-refractivity contribution in [2.45, 2.75) is 52.0 Å². The minimum Gasteiger partial charge on any atom is -0.392 e. The van der Waals surface area contributed by atoms with Crippen molar-refractivity contribution in [3.05, 3.63) is 0 Å². The number of nitrogens with one attached hydrogen (secondary N) is 1. The minimum atomic E-state index is -0.501. The smallest absolute Gasteiger partial charge is 0.233 e. The van der Waals surface area contributed by atoms with Crippen molar-refractivity contribution < 1.29 is 4.79 Å². The molecule has 17 heavy (non-hydrogen) atoms. The lowest BCUT2D eigenvalue weighted by atomic mass is 9.80. The van der Waals surface area contributed by atoms with E-state index in [1.807, 2.05) is 0 Å². The lowest BCUT2D eigenvalue weighted by Crippen LogP contribution is -2.46. The Bertz CT molecular complexity index is 328. The van der Waals surface area contributed by atoms with Gasteiger partial charge in [0.1, 0.15) is 0 Å². The van der Waals surface area contributed by atoms with Crippen molar-refractivity contribution in [3.8, 4) is 0 Å². The Morgan fingerprint density at radius 2 is 1.76 bits per heavy atom. The molecule has 4 heteroatoms. The SMILES string of the molecule is CC1CC(C)CC(NC(=O)C2(C(N)=S)CC2)C1. The van der Waals surface area contributed by atoms with E-state index in [9.17, 15) is 4.79 Å². The van der Waals surface area contributed by atoms with Crippen LogP contribution in [0.4, 0.5) is 0 Å². The van der Waals surface area contributed by atoms with Crippen molar-refractivity contribution in [2.75, 3.05) is 0 Å². The number of carbonyl (C=O) groups excluding carboxylic acids is 1. The number of amides is 1. The molecule has 0 heterocycles. The third kappa shape index (κ3) is 2.62. The Labute approximate surface area is 109 Å². The molecule has 2 aliphatic carbocycles. The van der Waals surface area contributed by atoms with Gasteiger partial charge in [0.25, 0.3) is 0 Å². The first-order valence-corrected chi connectivity index (χ1v) is 6.96. The number of carbonyl (C=O) groups is 1. The van der Waals surface area contributed by atoms with Gasteiger partial charge in [0, 0.05) is 6.04 Å². The van der Waals surface area contributed by atoms with Crippen LogP contribution in [0.2, 0.25) is 0 Å². The van der Waals surface area contributed by atoms with Gasteiger partial charge < -0.3 is 11.1 Å².